The Balaban J connectivity index is 1.78. The lowest BCUT2D eigenvalue weighted by atomic mass is 9.48. The quantitative estimate of drug-likeness (QED) is 0.655. The zero-order valence-corrected chi connectivity index (χ0v) is 9.99. The largest absolute Gasteiger partial charge is 0.198 e. The van der Waals surface area contributed by atoms with E-state index in [9.17, 15) is 0 Å². The molecule has 4 saturated carbocycles. The van der Waals surface area contributed by atoms with Crippen molar-refractivity contribution in [2.75, 3.05) is 0 Å². The first-order valence-electron chi connectivity index (χ1n) is 6.75. The standard InChI is InChI=1S/C15H21N/c1-2-11(10-16)6-15-7-12-3-13(8-15)5-14(4-12)9-15/h2,11-14H,1,3-9H2. The van der Waals surface area contributed by atoms with Gasteiger partial charge in [-0.2, -0.15) is 5.26 Å². The Morgan fingerprint density at radius 3 is 2.06 bits per heavy atom. The summed E-state index contributed by atoms with van der Waals surface area (Å²) in [7, 11) is 0. The van der Waals surface area contributed by atoms with Crippen molar-refractivity contribution < 1.29 is 0 Å². The average Bonchev–Trinajstić information content (AvgIpc) is 2.24. The van der Waals surface area contributed by atoms with Gasteiger partial charge in [-0.25, -0.2) is 0 Å². The van der Waals surface area contributed by atoms with Crippen LogP contribution in [0.4, 0.5) is 0 Å². The molecule has 4 aliphatic rings. The van der Waals surface area contributed by atoms with Crippen LogP contribution in [0.1, 0.15) is 44.9 Å². The number of rotatable bonds is 3. The second kappa shape index (κ2) is 3.62. The van der Waals surface area contributed by atoms with Crippen LogP contribution in [0, 0.1) is 40.4 Å². The molecule has 0 aliphatic heterocycles. The average molecular weight is 215 g/mol. The lowest BCUT2D eigenvalue weighted by Gasteiger charge is -2.57. The third-order valence-corrected chi connectivity index (χ3v) is 5.27. The minimum atomic E-state index is 0.0937. The number of hydrogen-bond acceptors (Lipinski definition) is 1. The fraction of sp³-hybridized carbons (Fsp3) is 0.800. The van der Waals surface area contributed by atoms with Crippen LogP contribution in [0.2, 0.25) is 0 Å². The monoisotopic (exact) mass is 215 g/mol. The van der Waals surface area contributed by atoms with Gasteiger partial charge in [0.2, 0.25) is 0 Å². The van der Waals surface area contributed by atoms with Crippen molar-refractivity contribution in [2.24, 2.45) is 29.1 Å². The van der Waals surface area contributed by atoms with Crippen molar-refractivity contribution in [2.45, 2.75) is 44.9 Å². The molecule has 0 N–H and O–H groups in total. The summed E-state index contributed by atoms with van der Waals surface area (Å²) in [6.45, 7) is 3.81. The minimum Gasteiger partial charge on any atom is -0.198 e. The molecule has 1 unspecified atom stereocenters. The van der Waals surface area contributed by atoms with Gasteiger partial charge in [-0.15, -0.1) is 6.58 Å². The molecule has 0 aromatic heterocycles. The molecule has 1 nitrogen and oxygen atoms in total. The second-order valence-electron chi connectivity index (χ2n) is 6.59. The van der Waals surface area contributed by atoms with Crippen molar-refractivity contribution in [3.05, 3.63) is 12.7 Å². The highest BCUT2D eigenvalue weighted by Crippen LogP contribution is 2.62. The maximum atomic E-state index is 9.11. The molecule has 0 saturated heterocycles. The molecule has 4 rings (SSSR count). The van der Waals surface area contributed by atoms with Crippen molar-refractivity contribution in [3.63, 3.8) is 0 Å². The van der Waals surface area contributed by atoms with Crippen LogP contribution in [-0.2, 0) is 0 Å². The van der Waals surface area contributed by atoms with E-state index >= 15 is 0 Å². The lowest BCUT2D eigenvalue weighted by Crippen LogP contribution is -2.46. The highest BCUT2D eigenvalue weighted by atomic mass is 14.6. The predicted molar refractivity (Wildman–Crippen MR) is 64.5 cm³/mol. The SMILES string of the molecule is C=CC(C#N)CC12CC3CC(CC(C3)C1)C2. The Hall–Kier alpha value is -0.770. The molecule has 4 bridgehead atoms. The minimum absolute atomic E-state index is 0.0937. The summed E-state index contributed by atoms with van der Waals surface area (Å²) in [5.41, 5.74) is 0.531. The van der Waals surface area contributed by atoms with E-state index in [1.807, 2.05) is 6.08 Å². The highest BCUT2D eigenvalue weighted by Gasteiger charge is 2.51. The van der Waals surface area contributed by atoms with E-state index in [2.05, 4.69) is 12.6 Å². The molecular formula is C15H21N. The smallest absolute Gasteiger partial charge is 0.0697 e. The van der Waals surface area contributed by atoms with Crippen molar-refractivity contribution in [1.29, 1.82) is 5.26 Å². The van der Waals surface area contributed by atoms with Crippen LogP contribution in [-0.4, -0.2) is 0 Å². The fourth-order valence-corrected chi connectivity index (χ4v) is 5.19. The molecule has 0 heterocycles. The van der Waals surface area contributed by atoms with Crippen molar-refractivity contribution >= 4 is 0 Å². The summed E-state index contributed by atoms with van der Waals surface area (Å²) < 4.78 is 0. The molecule has 1 heteroatoms. The van der Waals surface area contributed by atoms with E-state index in [4.69, 9.17) is 5.26 Å². The first kappa shape index (κ1) is 10.4. The van der Waals surface area contributed by atoms with Gasteiger partial charge in [-0.05, 0) is 68.1 Å². The lowest BCUT2D eigenvalue weighted by molar-refractivity contribution is -0.0600. The van der Waals surface area contributed by atoms with Gasteiger partial charge in [0.05, 0.1) is 12.0 Å². The Bertz CT molecular complexity index is 301. The summed E-state index contributed by atoms with van der Waals surface area (Å²) in [5.74, 6) is 3.08. The van der Waals surface area contributed by atoms with Gasteiger partial charge in [-0.3, -0.25) is 0 Å². The normalized spacial score (nSPS) is 46.3. The van der Waals surface area contributed by atoms with E-state index < -0.39 is 0 Å². The molecule has 0 amide bonds. The summed E-state index contributed by atoms with van der Waals surface area (Å²) in [6, 6.07) is 2.41. The van der Waals surface area contributed by atoms with E-state index in [1.165, 1.54) is 38.5 Å². The van der Waals surface area contributed by atoms with E-state index in [0.29, 0.717) is 5.41 Å². The van der Waals surface area contributed by atoms with Crippen LogP contribution in [0.15, 0.2) is 12.7 Å². The van der Waals surface area contributed by atoms with Crippen molar-refractivity contribution in [3.8, 4) is 6.07 Å². The Morgan fingerprint density at radius 1 is 1.19 bits per heavy atom. The Morgan fingerprint density at radius 2 is 1.69 bits per heavy atom. The fourth-order valence-electron chi connectivity index (χ4n) is 5.19. The van der Waals surface area contributed by atoms with Gasteiger partial charge < -0.3 is 0 Å². The summed E-state index contributed by atoms with van der Waals surface area (Å²) in [5, 5.41) is 9.11. The maximum absolute atomic E-state index is 9.11. The predicted octanol–water partition coefficient (Wildman–Crippen LogP) is 3.92. The van der Waals surface area contributed by atoms with Gasteiger partial charge in [-0.1, -0.05) is 6.08 Å². The van der Waals surface area contributed by atoms with Gasteiger partial charge in [0.25, 0.3) is 0 Å². The zero-order chi connectivity index (χ0) is 11.2. The Kier molecular flexibility index (Phi) is 2.35. The van der Waals surface area contributed by atoms with E-state index in [0.717, 1.165) is 24.2 Å². The molecule has 0 aromatic carbocycles. The highest BCUT2D eigenvalue weighted by molar-refractivity contribution is 5.06. The van der Waals surface area contributed by atoms with Crippen LogP contribution in [0.3, 0.4) is 0 Å². The molecule has 16 heavy (non-hydrogen) atoms. The molecule has 4 fully saturated rings. The summed E-state index contributed by atoms with van der Waals surface area (Å²) in [4.78, 5) is 0. The summed E-state index contributed by atoms with van der Waals surface area (Å²) >= 11 is 0. The van der Waals surface area contributed by atoms with Gasteiger partial charge >= 0.3 is 0 Å². The molecule has 1 atom stereocenters. The third-order valence-electron chi connectivity index (χ3n) is 5.27. The van der Waals surface area contributed by atoms with E-state index in [-0.39, 0.29) is 5.92 Å². The second-order valence-corrected chi connectivity index (χ2v) is 6.59. The number of nitriles is 1. The molecule has 0 spiro atoms. The molecule has 4 aliphatic carbocycles. The van der Waals surface area contributed by atoms with Crippen LogP contribution >= 0.6 is 0 Å². The molecule has 0 radical (unpaired) electrons. The number of hydrogen-bond donors (Lipinski definition) is 0. The van der Waals surface area contributed by atoms with Crippen LogP contribution < -0.4 is 0 Å². The first-order chi connectivity index (χ1) is 7.73. The van der Waals surface area contributed by atoms with Crippen molar-refractivity contribution in [1.82, 2.24) is 0 Å². The summed E-state index contributed by atoms with van der Waals surface area (Å²) in [6.07, 6.45) is 11.6. The number of nitrogens with zero attached hydrogens (tertiary/aromatic N) is 1. The van der Waals surface area contributed by atoms with E-state index in [1.54, 1.807) is 0 Å². The zero-order valence-electron chi connectivity index (χ0n) is 9.99. The Labute approximate surface area is 98.5 Å². The van der Waals surface area contributed by atoms with Gasteiger partial charge in [0, 0.05) is 0 Å². The molecule has 0 aromatic rings. The van der Waals surface area contributed by atoms with Gasteiger partial charge in [0.1, 0.15) is 0 Å². The number of allylic oxidation sites excluding steroid dienone is 1. The van der Waals surface area contributed by atoms with Crippen LogP contribution in [0.25, 0.3) is 0 Å². The molecular weight excluding hydrogens is 194 g/mol. The topological polar surface area (TPSA) is 23.8 Å². The van der Waals surface area contributed by atoms with Crippen LogP contribution in [0.5, 0.6) is 0 Å². The third kappa shape index (κ3) is 1.59. The molecule has 86 valence electrons. The van der Waals surface area contributed by atoms with Gasteiger partial charge in [0.15, 0.2) is 0 Å². The first-order valence-corrected chi connectivity index (χ1v) is 6.75. The maximum Gasteiger partial charge on any atom is 0.0697 e.